The number of H-pyrrole nitrogens is 1. The maximum atomic E-state index is 12.2. The van der Waals surface area contributed by atoms with Gasteiger partial charge < -0.3 is 20.4 Å². The van der Waals surface area contributed by atoms with E-state index in [2.05, 4.69) is 9.97 Å². The third kappa shape index (κ3) is 4.39. The Kier molecular flexibility index (Phi) is 5.77. The molecule has 28 heavy (non-hydrogen) atoms. The van der Waals surface area contributed by atoms with Crippen LogP contribution in [0.25, 0.3) is 11.4 Å². The van der Waals surface area contributed by atoms with Crippen LogP contribution in [0.15, 0.2) is 24.3 Å². The van der Waals surface area contributed by atoms with Crippen molar-refractivity contribution in [1.29, 1.82) is 0 Å². The van der Waals surface area contributed by atoms with Gasteiger partial charge in [0.1, 0.15) is 5.82 Å². The number of ether oxygens (including phenoxy) is 1. The van der Waals surface area contributed by atoms with Crippen molar-refractivity contribution in [3.8, 4) is 11.4 Å². The predicted molar refractivity (Wildman–Crippen MR) is 102 cm³/mol. The molecule has 2 amide bonds. The molecule has 8 nitrogen and oxygen atoms in total. The number of imidazole rings is 1. The molecule has 1 aromatic carbocycles. The molecule has 0 aliphatic carbocycles. The molecular formula is C20H24N4O4. The fourth-order valence-corrected chi connectivity index (χ4v) is 3.16. The average Bonchev–Trinajstić information content (AvgIpc) is 3.04. The fraction of sp³-hybridized carbons (Fsp3) is 0.400. The Labute approximate surface area is 163 Å². The molecule has 1 saturated heterocycles. The molecule has 0 unspecified atom stereocenters. The zero-order valence-corrected chi connectivity index (χ0v) is 16.0. The van der Waals surface area contributed by atoms with Gasteiger partial charge in [0.15, 0.2) is 6.61 Å². The number of aromatic amines is 1. The van der Waals surface area contributed by atoms with Crippen molar-refractivity contribution in [2.75, 3.05) is 19.7 Å². The topological polar surface area (TPSA) is 118 Å². The number of hydrogen-bond acceptors (Lipinski definition) is 5. The second-order valence-corrected chi connectivity index (χ2v) is 7.01. The van der Waals surface area contributed by atoms with Gasteiger partial charge in [-0.3, -0.25) is 9.59 Å². The van der Waals surface area contributed by atoms with E-state index >= 15 is 0 Å². The molecule has 0 saturated carbocycles. The first kappa shape index (κ1) is 19.6. The smallest absolute Gasteiger partial charge is 0.338 e. The van der Waals surface area contributed by atoms with E-state index in [0.717, 1.165) is 22.8 Å². The van der Waals surface area contributed by atoms with E-state index in [1.807, 2.05) is 13.8 Å². The molecule has 2 heterocycles. The Balaban J connectivity index is 1.52. The number of amides is 2. The molecule has 0 atom stereocenters. The van der Waals surface area contributed by atoms with E-state index in [1.54, 1.807) is 29.2 Å². The number of primary amides is 1. The Bertz CT molecular complexity index is 861. The monoisotopic (exact) mass is 384 g/mol. The third-order valence-electron chi connectivity index (χ3n) is 5.10. The molecule has 0 bridgehead atoms. The Morgan fingerprint density at radius 1 is 1.18 bits per heavy atom. The summed E-state index contributed by atoms with van der Waals surface area (Å²) in [7, 11) is 0. The third-order valence-corrected chi connectivity index (χ3v) is 5.10. The lowest BCUT2D eigenvalue weighted by molar-refractivity contribution is -0.137. The summed E-state index contributed by atoms with van der Waals surface area (Å²) in [6.45, 7) is 4.44. The van der Waals surface area contributed by atoms with Crippen LogP contribution in [0.3, 0.4) is 0 Å². The highest BCUT2D eigenvalue weighted by molar-refractivity contribution is 5.91. The molecule has 1 fully saturated rings. The molecule has 148 valence electrons. The van der Waals surface area contributed by atoms with Crippen molar-refractivity contribution < 1.29 is 19.1 Å². The first-order valence-corrected chi connectivity index (χ1v) is 9.23. The van der Waals surface area contributed by atoms with Gasteiger partial charge in [-0.2, -0.15) is 0 Å². The van der Waals surface area contributed by atoms with Crippen molar-refractivity contribution in [2.45, 2.75) is 26.7 Å². The van der Waals surface area contributed by atoms with Gasteiger partial charge in [-0.05, 0) is 38.8 Å². The van der Waals surface area contributed by atoms with E-state index in [-0.39, 0.29) is 24.3 Å². The second-order valence-electron chi connectivity index (χ2n) is 7.01. The molecule has 0 radical (unpaired) electrons. The highest BCUT2D eigenvalue weighted by Gasteiger charge is 2.26. The molecule has 2 aromatic rings. The number of likely N-dealkylation sites (tertiary alicyclic amines) is 1. The highest BCUT2D eigenvalue weighted by Crippen LogP contribution is 2.19. The van der Waals surface area contributed by atoms with Gasteiger partial charge in [0, 0.05) is 30.3 Å². The molecule has 3 rings (SSSR count). The summed E-state index contributed by atoms with van der Waals surface area (Å²) in [6.07, 6.45) is 1.09. The quantitative estimate of drug-likeness (QED) is 0.759. The number of esters is 1. The second kappa shape index (κ2) is 8.24. The lowest BCUT2D eigenvalue weighted by Crippen LogP contribution is -2.43. The molecule has 3 N–H and O–H groups in total. The zero-order chi connectivity index (χ0) is 20.3. The van der Waals surface area contributed by atoms with E-state index in [1.165, 1.54) is 0 Å². The number of nitrogens with one attached hydrogen (secondary N) is 1. The number of rotatable bonds is 5. The van der Waals surface area contributed by atoms with E-state index in [9.17, 15) is 14.4 Å². The van der Waals surface area contributed by atoms with Crippen molar-refractivity contribution in [1.82, 2.24) is 14.9 Å². The van der Waals surface area contributed by atoms with Crippen LogP contribution in [-0.4, -0.2) is 52.3 Å². The summed E-state index contributed by atoms with van der Waals surface area (Å²) >= 11 is 0. The molecule has 1 aromatic heterocycles. The standard InChI is InChI=1S/C20H24N4O4/c1-12-13(2)23-19(22-12)15-3-5-16(6-4-15)20(27)28-11-17(25)24-9-7-14(8-10-24)18(21)26/h3-6,14H,7-11H2,1-2H3,(H2,21,26)(H,22,23). The van der Waals surface area contributed by atoms with E-state index in [4.69, 9.17) is 10.5 Å². The van der Waals surface area contributed by atoms with Crippen LogP contribution >= 0.6 is 0 Å². The van der Waals surface area contributed by atoms with Crippen molar-refractivity contribution in [3.05, 3.63) is 41.2 Å². The SMILES string of the molecule is Cc1nc(-c2ccc(C(=O)OCC(=O)N3CCC(C(N)=O)CC3)cc2)[nH]c1C. The summed E-state index contributed by atoms with van der Waals surface area (Å²) in [5.41, 5.74) is 8.44. The van der Waals surface area contributed by atoms with Gasteiger partial charge in [-0.1, -0.05) is 12.1 Å². The van der Waals surface area contributed by atoms with Crippen molar-refractivity contribution >= 4 is 17.8 Å². The molecular weight excluding hydrogens is 360 g/mol. The zero-order valence-electron chi connectivity index (χ0n) is 16.0. The Hall–Kier alpha value is -3.16. The summed E-state index contributed by atoms with van der Waals surface area (Å²) in [5.74, 6) is -0.605. The van der Waals surface area contributed by atoms with Crippen LogP contribution in [0.5, 0.6) is 0 Å². The first-order chi connectivity index (χ1) is 13.3. The van der Waals surface area contributed by atoms with Crippen LogP contribution in [-0.2, 0) is 14.3 Å². The van der Waals surface area contributed by atoms with Crippen LogP contribution in [0.4, 0.5) is 0 Å². The van der Waals surface area contributed by atoms with Gasteiger partial charge in [0.25, 0.3) is 5.91 Å². The lowest BCUT2D eigenvalue weighted by Gasteiger charge is -2.30. The summed E-state index contributed by atoms with van der Waals surface area (Å²) in [5, 5.41) is 0. The summed E-state index contributed by atoms with van der Waals surface area (Å²) < 4.78 is 5.14. The number of benzene rings is 1. The van der Waals surface area contributed by atoms with E-state index in [0.29, 0.717) is 31.5 Å². The fourth-order valence-electron chi connectivity index (χ4n) is 3.16. The minimum Gasteiger partial charge on any atom is -0.452 e. The van der Waals surface area contributed by atoms with Crippen molar-refractivity contribution in [2.24, 2.45) is 11.7 Å². The minimum atomic E-state index is -0.557. The number of hydrogen-bond donors (Lipinski definition) is 2. The average molecular weight is 384 g/mol. The van der Waals surface area contributed by atoms with Gasteiger partial charge in [-0.25, -0.2) is 9.78 Å². The van der Waals surface area contributed by atoms with Crippen LogP contribution in [0.2, 0.25) is 0 Å². The summed E-state index contributed by atoms with van der Waals surface area (Å²) in [6, 6.07) is 6.86. The number of aromatic nitrogens is 2. The molecule has 1 aliphatic rings. The molecule has 8 heteroatoms. The Morgan fingerprint density at radius 2 is 1.82 bits per heavy atom. The van der Waals surface area contributed by atoms with Gasteiger partial charge in [0.2, 0.25) is 5.91 Å². The van der Waals surface area contributed by atoms with Gasteiger partial charge >= 0.3 is 5.97 Å². The van der Waals surface area contributed by atoms with Gasteiger partial charge in [-0.15, -0.1) is 0 Å². The van der Waals surface area contributed by atoms with Crippen LogP contribution < -0.4 is 5.73 Å². The maximum Gasteiger partial charge on any atom is 0.338 e. The minimum absolute atomic E-state index is 0.188. The Morgan fingerprint density at radius 3 is 2.36 bits per heavy atom. The first-order valence-electron chi connectivity index (χ1n) is 9.23. The largest absolute Gasteiger partial charge is 0.452 e. The number of piperidine rings is 1. The molecule has 1 aliphatic heterocycles. The maximum absolute atomic E-state index is 12.2. The number of carbonyl (C=O) groups is 3. The van der Waals surface area contributed by atoms with Crippen LogP contribution in [0, 0.1) is 19.8 Å². The van der Waals surface area contributed by atoms with E-state index < -0.39 is 5.97 Å². The molecule has 0 spiro atoms. The normalized spacial score (nSPS) is 14.7. The number of nitrogens with two attached hydrogens (primary N) is 1. The number of carbonyl (C=O) groups excluding carboxylic acids is 3. The predicted octanol–water partition coefficient (Wildman–Crippen LogP) is 1.57. The van der Waals surface area contributed by atoms with Gasteiger partial charge in [0.05, 0.1) is 11.3 Å². The summed E-state index contributed by atoms with van der Waals surface area (Å²) in [4.78, 5) is 44.8. The highest BCUT2D eigenvalue weighted by atomic mass is 16.5. The lowest BCUT2D eigenvalue weighted by atomic mass is 9.96. The van der Waals surface area contributed by atoms with Crippen molar-refractivity contribution in [3.63, 3.8) is 0 Å². The van der Waals surface area contributed by atoms with Crippen LogP contribution in [0.1, 0.15) is 34.6 Å². The number of aryl methyl sites for hydroxylation is 2. The number of nitrogens with zero attached hydrogens (tertiary/aromatic N) is 2.